The smallest absolute Gasteiger partial charge is 0.322 e. The van der Waals surface area contributed by atoms with Crippen LogP contribution in [0.5, 0.6) is 0 Å². The van der Waals surface area contributed by atoms with E-state index in [1.165, 1.54) is 0 Å². The van der Waals surface area contributed by atoms with Gasteiger partial charge in [0.1, 0.15) is 6.04 Å². The Hall–Kier alpha value is -1.55. The Labute approximate surface area is 102 Å². The van der Waals surface area contributed by atoms with E-state index < -0.39 is 0 Å². The molecule has 4 heteroatoms. The number of esters is 1. The number of ether oxygens (including phenoxy) is 1. The molecule has 0 aromatic heterocycles. The van der Waals surface area contributed by atoms with E-state index in [1.807, 2.05) is 25.1 Å². The summed E-state index contributed by atoms with van der Waals surface area (Å²) in [6.45, 7) is 6.55. The number of nitrogens with two attached hydrogens (primary N) is 1. The highest BCUT2D eigenvalue weighted by Gasteiger charge is 2.13. The summed E-state index contributed by atoms with van der Waals surface area (Å²) in [5.41, 5.74) is 8.78. The summed E-state index contributed by atoms with van der Waals surface area (Å²) in [5, 5.41) is 3.11. The summed E-state index contributed by atoms with van der Waals surface area (Å²) in [5.74, 6) is -0.236. The second kappa shape index (κ2) is 6.25. The fourth-order valence-corrected chi connectivity index (χ4v) is 1.57. The van der Waals surface area contributed by atoms with Crippen molar-refractivity contribution in [3.8, 4) is 0 Å². The molecule has 0 aliphatic carbocycles. The third-order valence-electron chi connectivity index (χ3n) is 2.67. The number of aryl methyl sites for hydroxylation is 1. The molecule has 94 valence electrons. The molecule has 0 aliphatic rings. The summed E-state index contributed by atoms with van der Waals surface area (Å²) in [6.07, 6.45) is 0. The van der Waals surface area contributed by atoms with Crippen molar-refractivity contribution in [2.45, 2.75) is 33.4 Å². The zero-order valence-electron chi connectivity index (χ0n) is 10.6. The number of hydrogen-bond acceptors (Lipinski definition) is 4. The molecule has 0 bridgehead atoms. The van der Waals surface area contributed by atoms with Crippen LogP contribution in [0.25, 0.3) is 0 Å². The van der Waals surface area contributed by atoms with Gasteiger partial charge in [0.05, 0.1) is 6.61 Å². The predicted molar refractivity (Wildman–Crippen MR) is 68.5 cm³/mol. The molecule has 0 saturated heterocycles. The molecule has 0 fully saturated rings. The van der Waals surface area contributed by atoms with Gasteiger partial charge >= 0.3 is 5.97 Å². The van der Waals surface area contributed by atoms with Gasteiger partial charge < -0.3 is 15.8 Å². The van der Waals surface area contributed by atoms with E-state index in [2.05, 4.69) is 5.32 Å². The first kappa shape index (κ1) is 13.5. The highest BCUT2D eigenvalue weighted by Crippen LogP contribution is 2.15. The lowest BCUT2D eigenvalue weighted by atomic mass is 10.1. The number of benzene rings is 1. The highest BCUT2D eigenvalue weighted by atomic mass is 16.5. The SMILES string of the molecule is CCOC(=O)[C@H](C)NCc1c(C)cccc1N. The number of nitrogen functional groups attached to an aromatic ring is 1. The number of hydrogen-bond donors (Lipinski definition) is 2. The maximum absolute atomic E-state index is 11.4. The molecule has 0 heterocycles. The van der Waals surface area contributed by atoms with E-state index in [4.69, 9.17) is 10.5 Å². The Morgan fingerprint density at radius 3 is 2.82 bits per heavy atom. The Morgan fingerprint density at radius 1 is 1.53 bits per heavy atom. The Morgan fingerprint density at radius 2 is 2.24 bits per heavy atom. The number of anilines is 1. The molecule has 0 spiro atoms. The van der Waals surface area contributed by atoms with E-state index in [1.54, 1.807) is 13.8 Å². The van der Waals surface area contributed by atoms with Gasteiger partial charge in [-0.1, -0.05) is 12.1 Å². The Bertz CT molecular complexity index is 371. The summed E-state index contributed by atoms with van der Waals surface area (Å²) in [4.78, 5) is 11.4. The van der Waals surface area contributed by atoms with Crippen molar-refractivity contribution >= 4 is 11.7 Å². The van der Waals surface area contributed by atoms with Gasteiger partial charge in [-0.15, -0.1) is 0 Å². The molecule has 0 amide bonds. The fourth-order valence-electron chi connectivity index (χ4n) is 1.57. The molecule has 0 radical (unpaired) electrons. The van der Waals surface area contributed by atoms with Gasteiger partial charge in [-0.2, -0.15) is 0 Å². The Balaban J connectivity index is 2.58. The molecule has 17 heavy (non-hydrogen) atoms. The van der Waals surface area contributed by atoms with Crippen molar-refractivity contribution in [1.29, 1.82) is 0 Å². The van der Waals surface area contributed by atoms with Crippen LogP contribution in [0.2, 0.25) is 0 Å². The van der Waals surface area contributed by atoms with Gasteiger partial charge in [0.2, 0.25) is 0 Å². The molecule has 3 N–H and O–H groups in total. The normalized spacial score (nSPS) is 12.2. The lowest BCUT2D eigenvalue weighted by molar-refractivity contribution is -0.145. The zero-order valence-corrected chi connectivity index (χ0v) is 10.6. The molecule has 1 aromatic rings. The lowest BCUT2D eigenvalue weighted by Crippen LogP contribution is -2.35. The topological polar surface area (TPSA) is 64.3 Å². The maximum Gasteiger partial charge on any atom is 0.322 e. The van der Waals surface area contributed by atoms with E-state index in [9.17, 15) is 4.79 Å². The van der Waals surface area contributed by atoms with Crippen LogP contribution >= 0.6 is 0 Å². The summed E-state index contributed by atoms with van der Waals surface area (Å²) >= 11 is 0. The fraction of sp³-hybridized carbons (Fsp3) is 0.462. The van der Waals surface area contributed by atoms with Crippen molar-refractivity contribution < 1.29 is 9.53 Å². The molecule has 1 atom stereocenters. The van der Waals surface area contributed by atoms with Crippen molar-refractivity contribution in [3.05, 3.63) is 29.3 Å². The average molecular weight is 236 g/mol. The van der Waals surface area contributed by atoms with Crippen LogP contribution in [0.3, 0.4) is 0 Å². The highest BCUT2D eigenvalue weighted by molar-refractivity contribution is 5.75. The second-order valence-electron chi connectivity index (χ2n) is 4.00. The van der Waals surface area contributed by atoms with Gasteiger partial charge in [0.25, 0.3) is 0 Å². The van der Waals surface area contributed by atoms with E-state index in [0.29, 0.717) is 13.2 Å². The van der Waals surface area contributed by atoms with Gasteiger partial charge in [-0.25, -0.2) is 0 Å². The molecule has 1 rings (SSSR count). The van der Waals surface area contributed by atoms with Gasteiger partial charge in [0, 0.05) is 12.2 Å². The van der Waals surface area contributed by atoms with Crippen LogP contribution < -0.4 is 11.1 Å². The first-order valence-corrected chi connectivity index (χ1v) is 5.80. The number of carbonyl (C=O) groups is 1. The maximum atomic E-state index is 11.4. The van der Waals surface area contributed by atoms with Crippen LogP contribution in [-0.2, 0) is 16.1 Å². The predicted octanol–water partition coefficient (Wildman–Crippen LogP) is 1.62. The van der Waals surface area contributed by atoms with Crippen LogP contribution in [0.15, 0.2) is 18.2 Å². The van der Waals surface area contributed by atoms with E-state index >= 15 is 0 Å². The number of rotatable bonds is 5. The molecule has 4 nitrogen and oxygen atoms in total. The van der Waals surface area contributed by atoms with Crippen molar-refractivity contribution in [3.63, 3.8) is 0 Å². The van der Waals surface area contributed by atoms with E-state index in [0.717, 1.165) is 16.8 Å². The first-order valence-electron chi connectivity index (χ1n) is 5.80. The Kier molecular flexibility index (Phi) is 4.97. The summed E-state index contributed by atoms with van der Waals surface area (Å²) in [7, 11) is 0. The van der Waals surface area contributed by atoms with Gasteiger partial charge in [-0.05, 0) is 38.0 Å². The largest absolute Gasteiger partial charge is 0.465 e. The van der Waals surface area contributed by atoms with Crippen molar-refractivity contribution in [2.75, 3.05) is 12.3 Å². The molecule has 0 aliphatic heterocycles. The minimum atomic E-state index is -0.325. The van der Waals surface area contributed by atoms with Gasteiger partial charge in [0.15, 0.2) is 0 Å². The third kappa shape index (κ3) is 3.75. The van der Waals surface area contributed by atoms with Crippen molar-refractivity contribution in [2.24, 2.45) is 0 Å². The number of carbonyl (C=O) groups excluding carboxylic acids is 1. The van der Waals surface area contributed by atoms with Crippen LogP contribution in [0.1, 0.15) is 25.0 Å². The second-order valence-corrected chi connectivity index (χ2v) is 4.00. The summed E-state index contributed by atoms with van der Waals surface area (Å²) in [6, 6.07) is 5.46. The minimum absolute atomic E-state index is 0.236. The average Bonchev–Trinajstić information content (AvgIpc) is 2.28. The van der Waals surface area contributed by atoms with E-state index in [-0.39, 0.29) is 12.0 Å². The zero-order chi connectivity index (χ0) is 12.8. The summed E-state index contributed by atoms with van der Waals surface area (Å²) < 4.78 is 4.92. The monoisotopic (exact) mass is 236 g/mol. The van der Waals surface area contributed by atoms with Gasteiger partial charge in [-0.3, -0.25) is 4.79 Å². The third-order valence-corrected chi connectivity index (χ3v) is 2.67. The lowest BCUT2D eigenvalue weighted by Gasteiger charge is -2.15. The van der Waals surface area contributed by atoms with Crippen LogP contribution in [-0.4, -0.2) is 18.6 Å². The molecule has 0 unspecified atom stereocenters. The van der Waals surface area contributed by atoms with Crippen LogP contribution in [0, 0.1) is 6.92 Å². The molecule has 0 saturated carbocycles. The standard InChI is InChI=1S/C13H20N2O2/c1-4-17-13(16)10(3)15-8-11-9(2)6-5-7-12(11)14/h5-7,10,15H,4,8,14H2,1-3H3/t10-/m0/s1. The van der Waals surface area contributed by atoms with Crippen molar-refractivity contribution in [1.82, 2.24) is 5.32 Å². The number of nitrogens with one attached hydrogen (secondary N) is 1. The van der Waals surface area contributed by atoms with Crippen LogP contribution in [0.4, 0.5) is 5.69 Å². The minimum Gasteiger partial charge on any atom is -0.465 e. The molecular weight excluding hydrogens is 216 g/mol. The quantitative estimate of drug-likeness (QED) is 0.602. The molecular formula is C13H20N2O2. The first-order chi connectivity index (χ1) is 8.06. The molecule has 1 aromatic carbocycles.